The van der Waals surface area contributed by atoms with Gasteiger partial charge in [-0.3, -0.25) is 10.00 Å². The lowest BCUT2D eigenvalue weighted by Crippen LogP contribution is -2.47. The van der Waals surface area contributed by atoms with Gasteiger partial charge in [0.1, 0.15) is 17.5 Å². The second kappa shape index (κ2) is 5.75. The van der Waals surface area contributed by atoms with Crippen LogP contribution in [0.15, 0.2) is 30.5 Å². The summed E-state index contributed by atoms with van der Waals surface area (Å²) in [7, 11) is 0. The van der Waals surface area contributed by atoms with Gasteiger partial charge in [0.15, 0.2) is 5.82 Å². The number of rotatable bonds is 4. The maximum absolute atomic E-state index is 13.3. The number of hydrogen-bond donors (Lipinski definition) is 2. The number of fused-ring (bicyclic) bond motifs is 3. The second-order valence-electron chi connectivity index (χ2n) is 7.82. The van der Waals surface area contributed by atoms with Gasteiger partial charge in [0.25, 0.3) is 0 Å². The molecule has 0 unspecified atom stereocenters. The van der Waals surface area contributed by atoms with E-state index in [-0.39, 0.29) is 0 Å². The van der Waals surface area contributed by atoms with Gasteiger partial charge in [0, 0.05) is 36.3 Å². The Labute approximate surface area is 160 Å². The predicted octanol–water partition coefficient (Wildman–Crippen LogP) is 3.05. The zero-order valence-corrected chi connectivity index (χ0v) is 15.3. The average Bonchev–Trinajstić information content (AvgIpc) is 3.20. The number of alkyl halides is 1. The molecule has 1 saturated carbocycles. The summed E-state index contributed by atoms with van der Waals surface area (Å²) in [6.45, 7) is 1.62. The van der Waals surface area contributed by atoms with Gasteiger partial charge < -0.3 is 10.3 Å². The summed E-state index contributed by atoms with van der Waals surface area (Å²) in [5, 5.41) is 8.06. The molecule has 1 aliphatic carbocycles. The first-order chi connectivity index (χ1) is 13.7. The molecule has 3 aromatic heterocycles. The zero-order valence-electron chi connectivity index (χ0n) is 15.3. The lowest BCUT2D eigenvalue weighted by atomic mass is 10.1. The lowest BCUT2D eigenvalue weighted by molar-refractivity contribution is 0.0561. The Hall–Kier alpha value is -3.00. The van der Waals surface area contributed by atoms with Crippen molar-refractivity contribution in [3.05, 3.63) is 36.3 Å². The van der Waals surface area contributed by atoms with Crippen LogP contribution in [-0.2, 0) is 6.54 Å². The zero-order chi connectivity index (χ0) is 18.8. The average molecular weight is 377 g/mol. The number of hydrogen-bond acceptors (Lipinski definition) is 5. The number of aromatic nitrogens is 5. The first kappa shape index (κ1) is 16.0. The van der Waals surface area contributed by atoms with Gasteiger partial charge in [0.2, 0.25) is 0 Å². The Morgan fingerprint density at radius 2 is 2.04 bits per heavy atom. The van der Waals surface area contributed by atoms with Crippen molar-refractivity contribution in [3.63, 3.8) is 0 Å². The third kappa shape index (κ3) is 2.41. The highest BCUT2D eigenvalue weighted by Crippen LogP contribution is 2.42. The number of nitrogens with one attached hydrogen (secondary N) is 1. The predicted molar refractivity (Wildman–Crippen MR) is 105 cm³/mol. The van der Waals surface area contributed by atoms with Crippen LogP contribution in [0.5, 0.6) is 0 Å². The van der Waals surface area contributed by atoms with Crippen molar-refractivity contribution in [2.24, 2.45) is 0 Å². The summed E-state index contributed by atoms with van der Waals surface area (Å²) in [6, 6.07) is 8.57. The van der Waals surface area contributed by atoms with E-state index >= 15 is 0 Å². The van der Waals surface area contributed by atoms with E-state index in [1.54, 1.807) is 6.20 Å². The SMILES string of the molecule is Nc1nc2cc(-c3ccn[nH]3)ccc2c2c1nc(CN1CC(F)C1)n2C1CC1. The van der Waals surface area contributed by atoms with E-state index in [2.05, 4.69) is 36.8 Å². The normalized spacial score (nSPS) is 18.2. The number of likely N-dealkylation sites (tertiary alicyclic amines) is 1. The van der Waals surface area contributed by atoms with Gasteiger partial charge in [-0.2, -0.15) is 5.10 Å². The first-order valence-corrected chi connectivity index (χ1v) is 9.63. The molecule has 8 heteroatoms. The maximum atomic E-state index is 13.3. The second-order valence-corrected chi connectivity index (χ2v) is 7.82. The quantitative estimate of drug-likeness (QED) is 0.571. The van der Waals surface area contributed by atoms with E-state index < -0.39 is 6.17 Å². The van der Waals surface area contributed by atoms with Crippen LogP contribution < -0.4 is 5.73 Å². The van der Waals surface area contributed by atoms with E-state index in [0.29, 0.717) is 31.5 Å². The topological polar surface area (TPSA) is 88.7 Å². The van der Waals surface area contributed by atoms with Crippen LogP contribution in [0.2, 0.25) is 0 Å². The number of nitrogens with two attached hydrogens (primary N) is 1. The highest BCUT2D eigenvalue weighted by atomic mass is 19.1. The number of halogens is 1. The fourth-order valence-electron chi connectivity index (χ4n) is 4.18. The minimum Gasteiger partial charge on any atom is -0.382 e. The third-order valence-corrected chi connectivity index (χ3v) is 5.72. The monoisotopic (exact) mass is 377 g/mol. The molecule has 4 aromatic rings. The Kier molecular flexibility index (Phi) is 3.28. The minimum atomic E-state index is -0.716. The summed E-state index contributed by atoms with van der Waals surface area (Å²) in [6.07, 6.45) is 3.30. The third-order valence-electron chi connectivity index (χ3n) is 5.72. The van der Waals surface area contributed by atoms with E-state index in [1.165, 1.54) is 0 Å². The van der Waals surface area contributed by atoms with Gasteiger partial charge in [-0.25, -0.2) is 14.4 Å². The highest BCUT2D eigenvalue weighted by Gasteiger charge is 2.33. The van der Waals surface area contributed by atoms with Gasteiger partial charge in [-0.05, 0) is 31.0 Å². The Morgan fingerprint density at radius 3 is 2.75 bits per heavy atom. The molecular weight excluding hydrogens is 357 g/mol. The summed E-state index contributed by atoms with van der Waals surface area (Å²) in [5.41, 5.74) is 10.9. The van der Waals surface area contributed by atoms with Gasteiger partial charge in [-0.1, -0.05) is 6.07 Å². The largest absolute Gasteiger partial charge is 0.382 e. The molecule has 7 nitrogen and oxygen atoms in total. The molecule has 1 aliphatic heterocycles. The number of H-pyrrole nitrogens is 1. The molecule has 28 heavy (non-hydrogen) atoms. The van der Waals surface area contributed by atoms with Crippen LogP contribution in [0.1, 0.15) is 24.7 Å². The molecule has 0 bridgehead atoms. The molecule has 0 atom stereocenters. The Morgan fingerprint density at radius 1 is 1.18 bits per heavy atom. The molecule has 0 spiro atoms. The summed E-state index contributed by atoms with van der Waals surface area (Å²) in [5.74, 6) is 1.40. The maximum Gasteiger partial charge on any atom is 0.152 e. The van der Waals surface area contributed by atoms with Crippen molar-refractivity contribution in [2.75, 3.05) is 18.8 Å². The van der Waals surface area contributed by atoms with Crippen molar-refractivity contribution in [2.45, 2.75) is 31.6 Å². The van der Waals surface area contributed by atoms with Crippen LogP contribution in [0.25, 0.3) is 33.2 Å². The number of anilines is 1. The molecule has 142 valence electrons. The van der Waals surface area contributed by atoms with E-state index in [4.69, 9.17) is 10.7 Å². The molecule has 3 N–H and O–H groups in total. The fourth-order valence-corrected chi connectivity index (χ4v) is 4.18. The fraction of sp³-hybridized carbons (Fsp3) is 0.350. The highest BCUT2D eigenvalue weighted by molar-refractivity contribution is 6.07. The molecule has 1 saturated heterocycles. The molecule has 2 aliphatic rings. The standard InChI is InChI=1S/C20H20FN7/c21-12-8-27(9-12)10-17-25-18-19(28(17)13-2-3-13)14-4-1-11(15-5-6-23-26-15)7-16(14)24-20(18)22/h1,4-7,12-13H,2-3,8-10H2,(H2,22,24)(H,23,26). The molecule has 0 amide bonds. The molecule has 0 radical (unpaired) electrons. The van der Waals surface area contributed by atoms with Gasteiger partial charge in [-0.15, -0.1) is 0 Å². The van der Waals surface area contributed by atoms with Crippen molar-refractivity contribution in [1.82, 2.24) is 29.6 Å². The first-order valence-electron chi connectivity index (χ1n) is 9.63. The van der Waals surface area contributed by atoms with Crippen molar-refractivity contribution in [3.8, 4) is 11.3 Å². The molecule has 4 heterocycles. The van der Waals surface area contributed by atoms with Crippen LogP contribution in [0.3, 0.4) is 0 Å². The minimum absolute atomic E-state index is 0.442. The molecule has 1 aromatic carbocycles. The van der Waals surface area contributed by atoms with Crippen molar-refractivity contribution >= 4 is 27.8 Å². The molecule has 2 fully saturated rings. The van der Waals surface area contributed by atoms with Crippen LogP contribution in [-0.4, -0.2) is 48.9 Å². The summed E-state index contributed by atoms with van der Waals surface area (Å²) < 4.78 is 15.6. The number of aromatic amines is 1. The smallest absolute Gasteiger partial charge is 0.152 e. The number of nitrogen functional groups attached to an aromatic ring is 1. The Bertz CT molecular complexity index is 1190. The van der Waals surface area contributed by atoms with Crippen LogP contribution in [0, 0.1) is 0 Å². The number of benzene rings is 1. The lowest BCUT2D eigenvalue weighted by Gasteiger charge is -2.33. The molecular formula is C20H20FN7. The van der Waals surface area contributed by atoms with Crippen molar-refractivity contribution in [1.29, 1.82) is 0 Å². The summed E-state index contributed by atoms with van der Waals surface area (Å²) in [4.78, 5) is 11.6. The van der Waals surface area contributed by atoms with E-state index in [1.807, 2.05) is 12.1 Å². The number of nitrogens with zero attached hydrogens (tertiary/aromatic N) is 5. The number of imidazole rings is 1. The number of pyridine rings is 1. The van der Waals surface area contributed by atoms with Gasteiger partial charge in [0.05, 0.1) is 23.3 Å². The van der Waals surface area contributed by atoms with Gasteiger partial charge >= 0.3 is 0 Å². The molecule has 6 rings (SSSR count). The van der Waals surface area contributed by atoms with E-state index in [9.17, 15) is 4.39 Å². The Balaban J connectivity index is 1.54. The van der Waals surface area contributed by atoms with Crippen LogP contribution >= 0.6 is 0 Å². The summed E-state index contributed by atoms with van der Waals surface area (Å²) >= 11 is 0. The van der Waals surface area contributed by atoms with Crippen LogP contribution in [0.4, 0.5) is 10.2 Å². The van der Waals surface area contributed by atoms with Crippen molar-refractivity contribution < 1.29 is 4.39 Å². The van der Waals surface area contributed by atoms with E-state index in [0.717, 1.165) is 51.9 Å².